The first-order chi connectivity index (χ1) is 13.7. The third kappa shape index (κ3) is 5.48. The highest BCUT2D eigenvalue weighted by atomic mass is 32.2. The Labute approximate surface area is 169 Å². The largest absolute Gasteiger partial charge is 0.465 e. The lowest BCUT2D eigenvalue weighted by Gasteiger charge is -2.00. The molecule has 0 fully saturated rings. The van der Waals surface area contributed by atoms with Crippen molar-refractivity contribution in [2.45, 2.75) is 4.34 Å². The Balaban J connectivity index is 1.46. The fraction of sp³-hybridized carbons (Fsp3) is 0.105. The van der Waals surface area contributed by atoms with E-state index < -0.39 is 5.97 Å². The zero-order chi connectivity index (χ0) is 19.8. The number of aromatic nitrogens is 2. The monoisotopic (exact) mass is 412 g/mol. The Morgan fingerprint density at radius 3 is 2.61 bits per heavy atom. The minimum atomic E-state index is -0.402. The highest BCUT2D eigenvalue weighted by Crippen LogP contribution is 2.28. The van der Waals surface area contributed by atoms with E-state index >= 15 is 0 Å². The van der Waals surface area contributed by atoms with Crippen LogP contribution in [0.3, 0.4) is 0 Å². The van der Waals surface area contributed by atoms with Gasteiger partial charge >= 0.3 is 5.97 Å². The van der Waals surface area contributed by atoms with Crippen LogP contribution in [0, 0.1) is 0 Å². The van der Waals surface area contributed by atoms with Gasteiger partial charge < -0.3 is 4.74 Å². The fourth-order valence-electron chi connectivity index (χ4n) is 2.13. The predicted molar refractivity (Wildman–Crippen MR) is 110 cm³/mol. The Morgan fingerprint density at radius 1 is 1.14 bits per heavy atom. The molecular formula is C19H16N4O3S2. The third-order valence-corrected chi connectivity index (χ3v) is 5.59. The van der Waals surface area contributed by atoms with E-state index in [1.54, 1.807) is 24.3 Å². The number of amides is 1. The van der Waals surface area contributed by atoms with Crippen molar-refractivity contribution in [3.8, 4) is 10.6 Å². The molecule has 0 aliphatic heterocycles. The minimum absolute atomic E-state index is 0.183. The summed E-state index contributed by atoms with van der Waals surface area (Å²) >= 11 is 2.74. The van der Waals surface area contributed by atoms with Crippen molar-refractivity contribution in [3.63, 3.8) is 0 Å². The van der Waals surface area contributed by atoms with Crippen molar-refractivity contribution < 1.29 is 14.3 Å². The molecular weight excluding hydrogens is 396 g/mol. The molecule has 0 radical (unpaired) electrons. The molecule has 9 heteroatoms. The molecule has 3 rings (SSSR count). The summed E-state index contributed by atoms with van der Waals surface area (Å²) in [5.41, 5.74) is 4.66. The van der Waals surface area contributed by atoms with Gasteiger partial charge in [-0.15, -0.1) is 10.2 Å². The number of carbonyl (C=O) groups excluding carboxylic acids is 2. The maximum Gasteiger partial charge on any atom is 0.337 e. The molecule has 0 atom stereocenters. The molecule has 2 aromatic carbocycles. The highest BCUT2D eigenvalue weighted by molar-refractivity contribution is 8.01. The van der Waals surface area contributed by atoms with Crippen molar-refractivity contribution in [2.75, 3.05) is 12.9 Å². The van der Waals surface area contributed by atoms with Crippen LogP contribution >= 0.6 is 23.1 Å². The molecule has 0 bridgehead atoms. The van der Waals surface area contributed by atoms with Crippen LogP contribution in [0.25, 0.3) is 10.6 Å². The number of hydrogen-bond acceptors (Lipinski definition) is 8. The SMILES string of the molecule is COC(=O)c1ccc(C=NNC(=O)CSc2nnc(-c3ccccc3)s2)cc1. The first kappa shape index (κ1) is 19.7. The lowest BCUT2D eigenvalue weighted by Crippen LogP contribution is -2.19. The number of rotatable bonds is 7. The van der Waals surface area contributed by atoms with Crippen molar-refractivity contribution >= 4 is 41.2 Å². The van der Waals surface area contributed by atoms with E-state index in [9.17, 15) is 9.59 Å². The first-order valence-corrected chi connectivity index (χ1v) is 9.98. The van der Waals surface area contributed by atoms with Gasteiger partial charge in [-0.25, -0.2) is 10.2 Å². The van der Waals surface area contributed by atoms with Gasteiger partial charge in [0.2, 0.25) is 0 Å². The molecule has 1 amide bonds. The van der Waals surface area contributed by atoms with E-state index in [0.29, 0.717) is 5.56 Å². The van der Waals surface area contributed by atoms with Gasteiger partial charge in [-0.3, -0.25) is 4.79 Å². The van der Waals surface area contributed by atoms with Crippen LogP contribution in [0.2, 0.25) is 0 Å². The van der Waals surface area contributed by atoms with Crippen molar-refractivity contribution in [3.05, 3.63) is 65.7 Å². The van der Waals surface area contributed by atoms with Gasteiger partial charge in [0.05, 0.1) is 24.6 Å². The standard InChI is InChI=1S/C19H16N4O3S2/c1-26-18(25)15-9-7-13(8-10-15)11-20-21-16(24)12-27-19-23-22-17(28-19)14-5-3-2-4-6-14/h2-11H,12H2,1H3,(H,21,24). The zero-order valence-electron chi connectivity index (χ0n) is 14.9. The molecule has 1 N–H and O–H groups in total. The number of nitrogens with one attached hydrogen (secondary N) is 1. The summed E-state index contributed by atoms with van der Waals surface area (Å²) in [5.74, 6) is -0.466. The summed E-state index contributed by atoms with van der Waals surface area (Å²) in [7, 11) is 1.33. The molecule has 7 nitrogen and oxygen atoms in total. The Bertz CT molecular complexity index is 972. The summed E-state index contributed by atoms with van der Waals surface area (Å²) in [6.07, 6.45) is 1.50. The van der Waals surface area contributed by atoms with E-state index in [-0.39, 0.29) is 11.7 Å². The number of methoxy groups -OCH3 is 1. The number of benzene rings is 2. The average Bonchev–Trinajstić information content (AvgIpc) is 3.22. The van der Waals surface area contributed by atoms with E-state index in [1.807, 2.05) is 30.3 Å². The number of ether oxygens (including phenoxy) is 1. The van der Waals surface area contributed by atoms with Crippen LogP contribution in [-0.2, 0) is 9.53 Å². The van der Waals surface area contributed by atoms with Crippen molar-refractivity contribution in [2.24, 2.45) is 5.10 Å². The Hall–Kier alpha value is -3.04. The summed E-state index contributed by atoms with van der Waals surface area (Å²) < 4.78 is 5.36. The van der Waals surface area contributed by atoms with E-state index in [0.717, 1.165) is 20.5 Å². The van der Waals surface area contributed by atoms with Gasteiger partial charge in [-0.2, -0.15) is 5.10 Å². The molecule has 0 saturated heterocycles. The molecule has 1 heterocycles. The van der Waals surface area contributed by atoms with Crippen molar-refractivity contribution in [1.29, 1.82) is 0 Å². The van der Waals surface area contributed by atoms with Crippen LogP contribution in [0.15, 0.2) is 64.0 Å². The van der Waals surface area contributed by atoms with Gasteiger partial charge in [0, 0.05) is 5.56 Å². The normalized spacial score (nSPS) is 10.8. The second-order valence-electron chi connectivity index (χ2n) is 5.43. The molecule has 142 valence electrons. The highest BCUT2D eigenvalue weighted by Gasteiger charge is 2.09. The van der Waals surface area contributed by atoms with Gasteiger partial charge in [0.15, 0.2) is 4.34 Å². The Morgan fingerprint density at radius 2 is 1.89 bits per heavy atom. The number of thioether (sulfide) groups is 1. The van der Waals surface area contributed by atoms with Crippen LogP contribution in [0.4, 0.5) is 0 Å². The van der Waals surface area contributed by atoms with Gasteiger partial charge in [-0.1, -0.05) is 65.6 Å². The average molecular weight is 412 g/mol. The van der Waals surface area contributed by atoms with E-state index in [1.165, 1.54) is 36.4 Å². The van der Waals surface area contributed by atoms with Crippen LogP contribution in [-0.4, -0.2) is 41.2 Å². The minimum Gasteiger partial charge on any atom is -0.465 e. The quantitative estimate of drug-likeness (QED) is 0.277. The number of carbonyl (C=O) groups is 2. The van der Waals surface area contributed by atoms with Gasteiger partial charge in [0.1, 0.15) is 5.01 Å². The molecule has 0 aliphatic rings. The summed E-state index contributed by atoms with van der Waals surface area (Å²) in [6.45, 7) is 0. The molecule has 0 spiro atoms. The number of esters is 1. The zero-order valence-corrected chi connectivity index (χ0v) is 16.5. The maximum absolute atomic E-state index is 11.9. The number of nitrogens with zero attached hydrogens (tertiary/aromatic N) is 3. The van der Waals surface area contributed by atoms with Crippen LogP contribution < -0.4 is 5.43 Å². The molecule has 0 unspecified atom stereocenters. The third-order valence-electron chi connectivity index (χ3n) is 3.49. The second kappa shape index (κ2) is 9.77. The lowest BCUT2D eigenvalue weighted by atomic mass is 10.1. The van der Waals surface area contributed by atoms with Crippen LogP contribution in [0.1, 0.15) is 15.9 Å². The van der Waals surface area contributed by atoms with E-state index in [4.69, 9.17) is 0 Å². The summed E-state index contributed by atoms with van der Waals surface area (Å²) in [6, 6.07) is 16.4. The number of hydrogen-bond donors (Lipinski definition) is 1. The van der Waals surface area contributed by atoms with Crippen molar-refractivity contribution in [1.82, 2.24) is 15.6 Å². The topological polar surface area (TPSA) is 93.5 Å². The predicted octanol–water partition coefficient (Wildman–Crippen LogP) is 3.23. The van der Waals surface area contributed by atoms with E-state index in [2.05, 4.69) is 25.5 Å². The molecule has 1 aromatic heterocycles. The molecule has 0 aliphatic carbocycles. The van der Waals surface area contributed by atoms with Crippen LogP contribution in [0.5, 0.6) is 0 Å². The Kier molecular flexibility index (Phi) is 6.88. The fourth-order valence-corrected chi connectivity index (χ4v) is 3.78. The first-order valence-electron chi connectivity index (χ1n) is 8.17. The second-order valence-corrected chi connectivity index (χ2v) is 7.63. The van der Waals surface area contributed by atoms with Gasteiger partial charge in [0.25, 0.3) is 5.91 Å². The molecule has 28 heavy (non-hydrogen) atoms. The summed E-state index contributed by atoms with van der Waals surface area (Å²) in [5, 5.41) is 13.0. The smallest absolute Gasteiger partial charge is 0.337 e. The number of hydrazone groups is 1. The summed E-state index contributed by atoms with van der Waals surface area (Å²) in [4.78, 5) is 23.3. The molecule has 3 aromatic rings. The molecule has 0 saturated carbocycles. The lowest BCUT2D eigenvalue weighted by molar-refractivity contribution is -0.118. The van der Waals surface area contributed by atoms with Gasteiger partial charge in [-0.05, 0) is 17.7 Å². The maximum atomic E-state index is 11.9.